The fraction of sp³-hybridized carbons (Fsp3) is 0.692. The largest absolute Gasteiger partial charge is 1.00 e. The van der Waals surface area contributed by atoms with Gasteiger partial charge in [-0.3, -0.25) is 12.2 Å². The number of hydrogen-bond acceptors (Lipinski definition) is 0. The second-order valence-electron chi connectivity index (χ2n) is 10.1. The number of allylic oxidation sites excluding steroid dienone is 8. The minimum Gasteiger partial charge on any atom is -1.00 e. The maximum atomic E-state index is 3.46. The first-order valence-electron chi connectivity index (χ1n) is 10.9. The first kappa shape index (κ1) is 35.2. The Morgan fingerprint density at radius 3 is 1.20 bits per heavy atom. The molecule has 172 valence electrons. The van der Waals surface area contributed by atoms with Gasteiger partial charge >= 0.3 is 41.9 Å². The molecule has 0 spiro atoms. The number of hydrogen-bond donors (Lipinski definition) is 0. The Labute approximate surface area is 216 Å². The summed E-state index contributed by atoms with van der Waals surface area (Å²) in [5.41, 5.74) is 6.69. The van der Waals surface area contributed by atoms with Crippen LogP contribution in [0.15, 0.2) is 34.4 Å². The topological polar surface area (TPSA) is 0 Å². The van der Waals surface area contributed by atoms with Crippen LogP contribution in [0.3, 0.4) is 0 Å². The summed E-state index contributed by atoms with van der Waals surface area (Å²) < 4.78 is 0. The van der Waals surface area contributed by atoms with Gasteiger partial charge in [-0.2, -0.15) is 11.1 Å². The molecule has 0 heterocycles. The van der Waals surface area contributed by atoms with Gasteiger partial charge in [-0.25, -0.2) is 23.3 Å². The van der Waals surface area contributed by atoms with Crippen LogP contribution >= 0.6 is 0 Å². The first-order valence-corrected chi connectivity index (χ1v) is 17.1. The van der Waals surface area contributed by atoms with E-state index in [4.69, 9.17) is 0 Å². The Morgan fingerprint density at radius 2 is 1.03 bits per heavy atom. The molecule has 0 aromatic rings. The zero-order chi connectivity index (χ0) is 22.0. The quantitative estimate of drug-likeness (QED) is 0.376. The molecular weight excluding hydrogens is 503 g/mol. The molecule has 4 heteroatoms. The fourth-order valence-electron chi connectivity index (χ4n) is 2.96. The third kappa shape index (κ3) is 16.3. The molecule has 0 N–H and O–H groups in total. The Morgan fingerprint density at radius 1 is 0.767 bits per heavy atom. The van der Waals surface area contributed by atoms with Crippen LogP contribution in [0.2, 0.25) is 13.1 Å². The van der Waals surface area contributed by atoms with Crippen LogP contribution in [0.1, 0.15) is 93.9 Å². The smallest absolute Gasteiger partial charge is 1.00 e. The van der Waals surface area contributed by atoms with E-state index in [0.717, 1.165) is 12.8 Å². The van der Waals surface area contributed by atoms with Crippen LogP contribution in [-0.4, -0.2) is 5.43 Å². The van der Waals surface area contributed by atoms with Crippen molar-refractivity contribution < 1.29 is 48.1 Å². The van der Waals surface area contributed by atoms with Crippen LogP contribution in [0.25, 0.3) is 0 Å². The second kappa shape index (κ2) is 17.2. The van der Waals surface area contributed by atoms with Crippen LogP contribution in [0.4, 0.5) is 0 Å². The predicted octanol–water partition coefficient (Wildman–Crippen LogP) is 2.58. The van der Waals surface area contributed by atoms with Gasteiger partial charge in [-0.15, -0.1) is 12.8 Å². The first-order chi connectivity index (χ1) is 12.8. The monoisotopic (exact) mass is 544 g/mol. The summed E-state index contributed by atoms with van der Waals surface area (Å²) >= 11 is 1.74. The molecule has 0 fully saturated rings. The van der Waals surface area contributed by atoms with E-state index in [1.807, 2.05) is 0 Å². The molecule has 0 aromatic carbocycles. The van der Waals surface area contributed by atoms with Crippen molar-refractivity contribution in [3.05, 3.63) is 46.6 Å². The molecule has 0 nitrogen and oxygen atoms in total. The molecule has 2 rings (SSSR count). The normalized spacial score (nSPS) is 15.1. The van der Waals surface area contributed by atoms with Gasteiger partial charge in [0.1, 0.15) is 0 Å². The van der Waals surface area contributed by atoms with E-state index in [-0.39, 0.29) is 41.1 Å². The molecule has 0 saturated heterocycles. The van der Waals surface area contributed by atoms with Gasteiger partial charge in [0, 0.05) is 0 Å². The molecule has 0 amide bonds. The third-order valence-electron chi connectivity index (χ3n) is 4.47. The summed E-state index contributed by atoms with van der Waals surface area (Å²) in [6.45, 7) is 22.6. The average molecular weight is 547 g/mol. The summed E-state index contributed by atoms with van der Waals surface area (Å²) in [6, 6.07) is 0. The predicted molar refractivity (Wildman–Crippen MR) is 125 cm³/mol. The van der Waals surface area contributed by atoms with Gasteiger partial charge in [0.25, 0.3) is 0 Å². The van der Waals surface area contributed by atoms with Crippen LogP contribution < -0.4 is 24.8 Å². The zero-order valence-corrected chi connectivity index (χ0v) is 26.1. The van der Waals surface area contributed by atoms with Gasteiger partial charge in [0.2, 0.25) is 0 Å². The van der Waals surface area contributed by atoms with Crippen molar-refractivity contribution in [2.24, 2.45) is 10.8 Å². The van der Waals surface area contributed by atoms with E-state index in [9.17, 15) is 0 Å². The molecule has 0 radical (unpaired) electrons. The standard InChI is InChI=1S/2C12H19.C2H6Si.2ClH.Zr/c2*1-5-6-10-7-8-11(9-10)12(2,3)4;1-3-2;;;/h2*9H,5-7H2,1-4H3;1-2H3;2*1H;/q2*-1;;;;+2/p-2. The van der Waals surface area contributed by atoms with Crippen molar-refractivity contribution in [1.29, 1.82) is 0 Å². The molecule has 0 saturated carbocycles. The van der Waals surface area contributed by atoms with Crippen LogP contribution in [0.5, 0.6) is 0 Å². The van der Waals surface area contributed by atoms with Crippen LogP contribution in [0, 0.1) is 23.0 Å². The van der Waals surface area contributed by atoms with Crippen LogP contribution in [-0.2, 0) is 23.3 Å². The molecule has 0 atom stereocenters. The van der Waals surface area contributed by atoms with E-state index in [1.54, 1.807) is 34.5 Å². The Kier molecular flexibility index (Phi) is 20.2. The average Bonchev–Trinajstić information content (AvgIpc) is 3.16. The molecule has 0 bridgehead atoms. The summed E-state index contributed by atoms with van der Waals surface area (Å²) in [5.74, 6) is 0. The molecule has 2 aliphatic rings. The van der Waals surface area contributed by atoms with Crippen molar-refractivity contribution in [3.8, 4) is 0 Å². The molecule has 2 aliphatic carbocycles. The van der Waals surface area contributed by atoms with Crippen molar-refractivity contribution >= 4 is 5.43 Å². The Bertz CT molecular complexity index is 572. The molecule has 30 heavy (non-hydrogen) atoms. The fourth-order valence-corrected chi connectivity index (χ4v) is 2.96. The van der Waals surface area contributed by atoms with E-state index in [2.05, 4.69) is 92.8 Å². The maximum absolute atomic E-state index is 3.46. The summed E-state index contributed by atoms with van der Waals surface area (Å²) in [7, 11) is 0. The number of halogens is 2. The van der Waals surface area contributed by atoms with Gasteiger partial charge in [0.05, 0.1) is 0 Å². The SMILES string of the molecule is CCCC1=CC(C(C)(C)C)=[C-]C1.CCCC1=CC(C(C)(C)C)=[C-]C1.C[Si](C)=[Zr+2].[Cl-].[Cl-]. The third-order valence-corrected chi connectivity index (χ3v) is 4.47. The maximum Gasteiger partial charge on any atom is -1.00 e. The van der Waals surface area contributed by atoms with Crippen molar-refractivity contribution in [2.45, 2.75) is 107 Å². The molecule has 0 aliphatic heterocycles. The second-order valence-corrected chi connectivity index (χ2v) is 19.5. The van der Waals surface area contributed by atoms with Crippen molar-refractivity contribution in [2.75, 3.05) is 0 Å². The summed E-state index contributed by atoms with van der Waals surface area (Å²) in [6.07, 6.45) is 18.7. The van der Waals surface area contributed by atoms with E-state index >= 15 is 0 Å². The van der Waals surface area contributed by atoms with Gasteiger partial charge in [-0.05, 0) is 23.7 Å². The van der Waals surface area contributed by atoms with Gasteiger partial charge in [-0.1, -0.05) is 68.2 Å². The van der Waals surface area contributed by atoms with E-state index < -0.39 is 0 Å². The Balaban J connectivity index is -0.000000391. The Hall–Kier alpha value is 0.640. The van der Waals surface area contributed by atoms with E-state index in [0.29, 0.717) is 0 Å². The van der Waals surface area contributed by atoms with Crippen molar-refractivity contribution in [1.82, 2.24) is 0 Å². The van der Waals surface area contributed by atoms with Gasteiger partial charge < -0.3 is 24.8 Å². The molecule has 0 aromatic heterocycles. The van der Waals surface area contributed by atoms with Gasteiger partial charge in [0.15, 0.2) is 0 Å². The van der Waals surface area contributed by atoms with E-state index in [1.165, 1.54) is 36.8 Å². The molecule has 0 unspecified atom stereocenters. The summed E-state index contributed by atoms with van der Waals surface area (Å²) in [5, 5.41) is 0. The number of rotatable bonds is 4. The zero-order valence-electron chi connectivity index (χ0n) is 21.2. The van der Waals surface area contributed by atoms with Crippen molar-refractivity contribution in [3.63, 3.8) is 0 Å². The summed E-state index contributed by atoms with van der Waals surface area (Å²) in [4.78, 5) is 0. The molecular formula is C26H44Cl2SiZr-2. The minimum atomic E-state index is 0. The minimum absolute atomic E-state index is 0.